The van der Waals surface area contributed by atoms with Crippen molar-refractivity contribution in [3.63, 3.8) is 0 Å². The average molecular weight is 551 g/mol. The number of ether oxygens (including phenoxy) is 1. The second-order valence-corrected chi connectivity index (χ2v) is 11.7. The van der Waals surface area contributed by atoms with E-state index in [4.69, 9.17) is 4.74 Å². The molecule has 1 aromatic heterocycles. The molecule has 1 heterocycles. The first-order valence-electron chi connectivity index (χ1n) is 15.7. The third-order valence-electron chi connectivity index (χ3n) is 8.30. The second kappa shape index (κ2) is 15.5. The minimum absolute atomic E-state index is 0.638. The van der Waals surface area contributed by atoms with Gasteiger partial charge in [-0.15, -0.1) is 0 Å². The van der Waals surface area contributed by atoms with Crippen LogP contribution < -0.4 is 4.90 Å². The summed E-state index contributed by atoms with van der Waals surface area (Å²) in [5, 5.41) is 1.45. The van der Waals surface area contributed by atoms with E-state index in [0.29, 0.717) is 5.92 Å². The summed E-state index contributed by atoms with van der Waals surface area (Å²) in [5.41, 5.74) is 11.0. The van der Waals surface area contributed by atoms with E-state index in [1.165, 1.54) is 89.5 Å². The predicted octanol–water partition coefficient (Wildman–Crippen LogP) is 10.2. The van der Waals surface area contributed by atoms with E-state index in [1.54, 1.807) is 18.9 Å². The monoisotopic (exact) mass is 550 g/mol. The van der Waals surface area contributed by atoms with Gasteiger partial charge in [0, 0.05) is 41.3 Å². The minimum Gasteiger partial charge on any atom is -0.504 e. The molecule has 4 aromatic rings. The number of aryl methyl sites for hydroxylation is 3. The lowest BCUT2D eigenvalue weighted by Gasteiger charge is -2.24. The molecule has 1 aliphatic rings. The maximum absolute atomic E-state index is 4.94. The molecule has 0 bridgehead atoms. The molecule has 1 atom stereocenters. The Morgan fingerprint density at radius 2 is 1.56 bits per heavy atom. The van der Waals surface area contributed by atoms with Gasteiger partial charge >= 0.3 is 0 Å². The molecule has 3 heteroatoms. The molecule has 0 aliphatic heterocycles. The van der Waals surface area contributed by atoms with Crippen LogP contribution in [0.5, 0.6) is 0 Å². The Balaban J connectivity index is 0.000000192. The number of rotatable bonds is 11. The summed E-state index contributed by atoms with van der Waals surface area (Å²) in [6.07, 6.45) is 13.7. The van der Waals surface area contributed by atoms with Crippen LogP contribution in [0.4, 0.5) is 5.69 Å². The van der Waals surface area contributed by atoms with E-state index in [-0.39, 0.29) is 0 Å². The molecule has 1 N–H and O–H groups in total. The summed E-state index contributed by atoms with van der Waals surface area (Å²) in [4.78, 5) is 6.22. The van der Waals surface area contributed by atoms with Gasteiger partial charge in [-0.3, -0.25) is 0 Å². The molecule has 41 heavy (non-hydrogen) atoms. The zero-order chi connectivity index (χ0) is 29.0. The summed E-state index contributed by atoms with van der Waals surface area (Å²) in [6, 6.07) is 24.5. The summed E-state index contributed by atoms with van der Waals surface area (Å²) in [6.45, 7) is 11.1. The van der Waals surface area contributed by atoms with Gasteiger partial charge < -0.3 is 14.6 Å². The zero-order valence-electron chi connectivity index (χ0n) is 26.0. The van der Waals surface area contributed by atoms with Gasteiger partial charge in [0.15, 0.2) is 0 Å². The largest absolute Gasteiger partial charge is 0.504 e. The molecule has 5 rings (SSSR count). The zero-order valence-corrected chi connectivity index (χ0v) is 26.0. The number of hydrogen-bond acceptors (Lipinski definition) is 2. The quantitative estimate of drug-likeness (QED) is 0.188. The highest BCUT2D eigenvalue weighted by Crippen LogP contribution is 2.38. The maximum Gasteiger partial charge on any atom is 0.0830 e. The molecule has 1 aliphatic carbocycles. The summed E-state index contributed by atoms with van der Waals surface area (Å²) < 4.78 is 4.94. The van der Waals surface area contributed by atoms with Crippen LogP contribution in [0.25, 0.3) is 17.0 Å². The number of unbranched alkanes of at least 4 members (excludes halogenated alkanes) is 2. The van der Waals surface area contributed by atoms with Gasteiger partial charge in [-0.2, -0.15) is 0 Å². The molecule has 0 radical (unpaired) electrons. The van der Waals surface area contributed by atoms with Crippen LogP contribution in [0.15, 0.2) is 73.0 Å². The van der Waals surface area contributed by atoms with Gasteiger partial charge in [0.2, 0.25) is 0 Å². The third kappa shape index (κ3) is 8.52. The number of benzene rings is 3. The van der Waals surface area contributed by atoms with Gasteiger partial charge in [0.1, 0.15) is 0 Å². The third-order valence-corrected chi connectivity index (χ3v) is 8.30. The molecular weight excluding hydrogens is 500 g/mol. The van der Waals surface area contributed by atoms with Gasteiger partial charge in [0.25, 0.3) is 0 Å². The first-order valence-corrected chi connectivity index (χ1v) is 15.7. The van der Waals surface area contributed by atoms with Gasteiger partial charge in [-0.25, -0.2) is 0 Å². The van der Waals surface area contributed by atoms with Gasteiger partial charge in [0.05, 0.1) is 13.4 Å². The van der Waals surface area contributed by atoms with E-state index in [0.717, 1.165) is 19.5 Å². The van der Waals surface area contributed by atoms with E-state index < -0.39 is 0 Å². The lowest BCUT2D eigenvalue weighted by atomic mass is 9.83. The van der Waals surface area contributed by atoms with Crippen molar-refractivity contribution in [1.82, 2.24) is 4.98 Å². The highest BCUT2D eigenvalue weighted by Gasteiger charge is 2.24. The molecule has 0 saturated heterocycles. The van der Waals surface area contributed by atoms with Crippen molar-refractivity contribution in [3.8, 4) is 0 Å². The number of aromatic nitrogens is 1. The second-order valence-electron chi connectivity index (χ2n) is 11.7. The molecule has 0 spiro atoms. The molecule has 218 valence electrons. The van der Waals surface area contributed by atoms with Gasteiger partial charge in [-0.1, -0.05) is 80.3 Å². The number of fused-ring (bicyclic) bond motifs is 3. The van der Waals surface area contributed by atoms with Crippen LogP contribution in [-0.4, -0.2) is 25.2 Å². The predicted molar refractivity (Wildman–Crippen MR) is 178 cm³/mol. The average Bonchev–Trinajstić information content (AvgIpc) is 3.37. The van der Waals surface area contributed by atoms with Crippen molar-refractivity contribution in [3.05, 3.63) is 107 Å². The number of aromatic amines is 1. The molecule has 3 nitrogen and oxygen atoms in total. The number of hydrogen-bond donors (Lipinski definition) is 1. The first kappa shape index (κ1) is 30.5. The molecule has 1 unspecified atom stereocenters. The minimum atomic E-state index is 0.638. The lowest BCUT2D eigenvalue weighted by Crippen LogP contribution is -2.25. The van der Waals surface area contributed by atoms with Gasteiger partial charge in [-0.05, 0) is 99.4 Å². The van der Waals surface area contributed by atoms with E-state index in [2.05, 4.69) is 104 Å². The lowest BCUT2D eigenvalue weighted by molar-refractivity contribution is 0.341. The van der Waals surface area contributed by atoms with Crippen molar-refractivity contribution in [2.75, 3.05) is 25.1 Å². The van der Waals surface area contributed by atoms with Crippen LogP contribution in [0.2, 0.25) is 0 Å². The van der Waals surface area contributed by atoms with Crippen LogP contribution in [0.1, 0.15) is 91.8 Å². The molecule has 0 fully saturated rings. The van der Waals surface area contributed by atoms with Crippen molar-refractivity contribution in [2.24, 2.45) is 0 Å². The molecular formula is C38H50N2O. The Morgan fingerprint density at radius 1 is 0.878 bits per heavy atom. The Kier molecular flexibility index (Phi) is 11.5. The highest BCUT2D eigenvalue weighted by molar-refractivity contribution is 5.85. The number of H-pyrrole nitrogens is 1. The number of anilines is 1. The van der Waals surface area contributed by atoms with E-state index in [1.807, 2.05) is 6.08 Å². The van der Waals surface area contributed by atoms with Crippen molar-refractivity contribution >= 4 is 22.7 Å². The molecule has 0 amide bonds. The summed E-state index contributed by atoms with van der Waals surface area (Å²) in [7, 11) is 1.67. The Morgan fingerprint density at radius 3 is 2.22 bits per heavy atom. The fourth-order valence-electron chi connectivity index (χ4n) is 5.89. The van der Waals surface area contributed by atoms with Crippen LogP contribution in [-0.2, 0) is 17.6 Å². The molecule has 0 saturated carbocycles. The van der Waals surface area contributed by atoms with Crippen molar-refractivity contribution < 1.29 is 4.74 Å². The van der Waals surface area contributed by atoms with E-state index in [9.17, 15) is 0 Å². The topological polar surface area (TPSA) is 28.3 Å². The van der Waals surface area contributed by atoms with Crippen molar-refractivity contribution in [1.29, 1.82) is 0 Å². The Labute approximate surface area is 248 Å². The van der Waals surface area contributed by atoms with E-state index >= 15 is 0 Å². The summed E-state index contributed by atoms with van der Waals surface area (Å²) >= 11 is 0. The SMILES string of the molecule is CCCCN(CCCC)c1ccc(C=COC)cc1.Cc1ccc(CC2CCCc3c2[nH]c2ccc(C)cc32)cc1. The number of nitrogens with zero attached hydrogens (tertiary/aromatic N) is 1. The Bertz CT molecular complexity index is 1360. The van der Waals surface area contributed by atoms with Crippen molar-refractivity contribution in [2.45, 2.75) is 85.0 Å². The number of methoxy groups -OCH3 is 1. The summed E-state index contributed by atoms with van der Waals surface area (Å²) in [5.74, 6) is 0.638. The normalized spacial score (nSPS) is 14.5. The Hall–Kier alpha value is -3.46. The van der Waals surface area contributed by atoms with Crippen LogP contribution in [0.3, 0.4) is 0 Å². The maximum atomic E-state index is 4.94. The molecule has 3 aromatic carbocycles. The van der Waals surface area contributed by atoms with Crippen LogP contribution in [0, 0.1) is 13.8 Å². The fraction of sp³-hybridized carbons (Fsp3) is 0.421. The van der Waals surface area contributed by atoms with Crippen LogP contribution >= 0.6 is 0 Å². The highest BCUT2D eigenvalue weighted by atomic mass is 16.5. The first-order chi connectivity index (χ1) is 20.0. The standard InChI is InChI=1S/C21H23N.C17H27NO/c1-14-6-9-16(10-7-14)13-17-4-3-5-18-19-12-15(2)8-11-20(19)22-21(17)18;1-4-6-13-18(14-7-5-2)17-10-8-16(9-11-17)12-15-19-3/h6-12,17,22H,3-5,13H2,1-2H3;8-12,15H,4-7,13-14H2,1-3H3. The smallest absolute Gasteiger partial charge is 0.0830 e. The fourth-order valence-corrected chi connectivity index (χ4v) is 5.89. The number of nitrogens with one attached hydrogen (secondary N) is 1.